The fourth-order valence-corrected chi connectivity index (χ4v) is 2.67. The normalized spacial score (nSPS) is 13.0. The lowest BCUT2D eigenvalue weighted by molar-refractivity contribution is -0.123. The fraction of sp³-hybridized carbons (Fsp3) is 0.176. The summed E-state index contributed by atoms with van der Waals surface area (Å²) in [4.78, 5) is 24.6. The number of amides is 1. The van der Waals surface area contributed by atoms with Gasteiger partial charge in [-0.1, -0.05) is 12.1 Å². The number of halogens is 1. The molecular formula is C17H16FNO4S. The molecule has 5 nitrogen and oxygen atoms in total. The van der Waals surface area contributed by atoms with E-state index in [1.807, 2.05) is 0 Å². The Labute approximate surface area is 141 Å². The van der Waals surface area contributed by atoms with Crippen molar-refractivity contribution in [2.45, 2.75) is 17.9 Å². The molecule has 2 atom stereocenters. The van der Waals surface area contributed by atoms with Gasteiger partial charge in [-0.05, 0) is 43.3 Å². The number of anilines is 1. The molecule has 1 N–H and O–H groups in total. The Bertz CT molecular complexity index is 776. The van der Waals surface area contributed by atoms with Gasteiger partial charge in [-0.3, -0.25) is 9.00 Å². The van der Waals surface area contributed by atoms with E-state index in [1.165, 1.54) is 43.5 Å². The maximum Gasteiger partial charge on any atom is 0.340 e. The maximum atomic E-state index is 12.8. The Kier molecular flexibility index (Phi) is 5.81. The second-order valence-electron chi connectivity index (χ2n) is 4.99. The van der Waals surface area contributed by atoms with E-state index in [0.717, 1.165) is 0 Å². The molecule has 24 heavy (non-hydrogen) atoms. The van der Waals surface area contributed by atoms with E-state index in [9.17, 15) is 18.2 Å². The first-order chi connectivity index (χ1) is 11.4. The molecule has 2 aromatic carbocycles. The van der Waals surface area contributed by atoms with Crippen LogP contribution in [0.4, 0.5) is 10.1 Å². The number of hydrogen-bond acceptors (Lipinski definition) is 4. The minimum absolute atomic E-state index is 0.153. The Hall–Kier alpha value is -2.54. The third kappa shape index (κ3) is 4.48. The van der Waals surface area contributed by atoms with Crippen LogP contribution in [0.5, 0.6) is 0 Å². The molecule has 0 aliphatic heterocycles. The zero-order valence-corrected chi connectivity index (χ0v) is 13.9. The summed E-state index contributed by atoms with van der Waals surface area (Å²) in [6, 6.07) is 11.6. The van der Waals surface area contributed by atoms with Gasteiger partial charge in [-0.2, -0.15) is 0 Å². The predicted octanol–water partition coefficient (Wildman–Crippen LogP) is 2.75. The van der Waals surface area contributed by atoms with Crippen molar-refractivity contribution in [3.63, 3.8) is 0 Å². The molecule has 0 bridgehead atoms. The van der Waals surface area contributed by atoms with E-state index in [1.54, 1.807) is 18.2 Å². The molecule has 0 saturated carbocycles. The van der Waals surface area contributed by atoms with E-state index in [2.05, 4.69) is 5.32 Å². The number of esters is 1. The number of benzene rings is 2. The second kappa shape index (κ2) is 7.83. The second-order valence-corrected chi connectivity index (χ2v) is 6.34. The minimum atomic E-state index is -1.36. The molecular weight excluding hydrogens is 333 g/mol. The van der Waals surface area contributed by atoms with Gasteiger partial charge >= 0.3 is 5.97 Å². The summed E-state index contributed by atoms with van der Waals surface area (Å²) >= 11 is 0. The third-order valence-electron chi connectivity index (χ3n) is 3.18. The number of ether oxygens (including phenoxy) is 1. The van der Waals surface area contributed by atoms with E-state index >= 15 is 0 Å². The smallest absolute Gasteiger partial charge is 0.340 e. The van der Waals surface area contributed by atoms with Crippen LogP contribution in [-0.4, -0.2) is 28.4 Å². The molecule has 0 unspecified atom stereocenters. The monoisotopic (exact) mass is 349 g/mol. The third-order valence-corrected chi connectivity index (χ3v) is 4.16. The van der Waals surface area contributed by atoms with Crippen LogP contribution in [0.2, 0.25) is 0 Å². The summed E-state index contributed by atoms with van der Waals surface area (Å²) < 4.78 is 29.6. The first-order valence-corrected chi connectivity index (χ1v) is 8.64. The van der Waals surface area contributed by atoms with Gasteiger partial charge in [-0.25, -0.2) is 9.18 Å². The van der Waals surface area contributed by atoms with Gasteiger partial charge in [0.15, 0.2) is 6.10 Å². The summed E-state index contributed by atoms with van der Waals surface area (Å²) in [5.74, 6) is -1.70. The largest absolute Gasteiger partial charge is 0.449 e. The number of rotatable bonds is 5. The Balaban J connectivity index is 2.04. The van der Waals surface area contributed by atoms with Gasteiger partial charge in [0.05, 0.1) is 21.3 Å². The van der Waals surface area contributed by atoms with Crippen molar-refractivity contribution >= 4 is 28.4 Å². The van der Waals surface area contributed by atoms with Gasteiger partial charge in [-0.15, -0.1) is 0 Å². The summed E-state index contributed by atoms with van der Waals surface area (Å²) in [6.07, 6.45) is 0.387. The molecule has 2 rings (SSSR count). The van der Waals surface area contributed by atoms with Crippen LogP contribution in [0.25, 0.3) is 0 Å². The van der Waals surface area contributed by atoms with Crippen LogP contribution in [0.1, 0.15) is 17.3 Å². The topological polar surface area (TPSA) is 72.5 Å². The van der Waals surface area contributed by atoms with Crippen LogP contribution >= 0.6 is 0 Å². The Morgan fingerprint density at radius 3 is 2.38 bits per heavy atom. The molecule has 0 aliphatic carbocycles. The van der Waals surface area contributed by atoms with Gasteiger partial charge in [0, 0.05) is 11.9 Å². The molecule has 7 heteroatoms. The molecule has 0 saturated heterocycles. The van der Waals surface area contributed by atoms with Crippen molar-refractivity contribution < 1.29 is 22.9 Å². The molecule has 0 radical (unpaired) electrons. The van der Waals surface area contributed by atoms with Crippen molar-refractivity contribution in [1.82, 2.24) is 0 Å². The maximum absolute atomic E-state index is 12.8. The van der Waals surface area contributed by atoms with E-state index < -0.39 is 34.6 Å². The predicted molar refractivity (Wildman–Crippen MR) is 88.7 cm³/mol. The number of carbonyl (C=O) groups is 2. The summed E-state index contributed by atoms with van der Waals surface area (Å²) in [7, 11) is -1.36. The average molecular weight is 349 g/mol. The summed E-state index contributed by atoms with van der Waals surface area (Å²) in [5.41, 5.74) is 0.541. The molecule has 0 spiro atoms. The molecule has 126 valence electrons. The van der Waals surface area contributed by atoms with Crippen LogP contribution in [-0.2, 0) is 20.3 Å². The van der Waals surface area contributed by atoms with Crippen LogP contribution in [0, 0.1) is 5.82 Å². The van der Waals surface area contributed by atoms with E-state index in [-0.39, 0.29) is 5.56 Å². The molecule has 0 aromatic heterocycles. The Morgan fingerprint density at radius 1 is 1.12 bits per heavy atom. The van der Waals surface area contributed by atoms with Crippen LogP contribution < -0.4 is 5.32 Å². The zero-order valence-electron chi connectivity index (χ0n) is 13.1. The molecule has 2 aromatic rings. The van der Waals surface area contributed by atoms with Crippen molar-refractivity contribution in [2.75, 3.05) is 11.6 Å². The SMILES string of the molecule is C[C@@H](OC(=O)c1ccccc1[S@](C)=O)C(=O)Nc1ccc(F)cc1. The van der Waals surface area contributed by atoms with Crippen LogP contribution in [0.3, 0.4) is 0 Å². The van der Waals surface area contributed by atoms with E-state index in [4.69, 9.17) is 4.74 Å². The highest BCUT2D eigenvalue weighted by atomic mass is 32.2. The lowest BCUT2D eigenvalue weighted by atomic mass is 10.2. The molecule has 0 aliphatic rings. The van der Waals surface area contributed by atoms with Crippen molar-refractivity contribution in [2.24, 2.45) is 0 Å². The fourth-order valence-electron chi connectivity index (χ4n) is 1.94. The summed E-state index contributed by atoms with van der Waals surface area (Å²) in [5, 5.41) is 2.52. The van der Waals surface area contributed by atoms with E-state index in [0.29, 0.717) is 10.6 Å². The van der Waals surface area contributed by atoms with Crippen molar-refractivity contribution in [3.05, 3.63) is 59.9 Å². The molecule has 0 heterocycles. The molecule has 1 amide bonds. The van der Waals surface area contributed by atoms with Gasteiger partial charge in [0.1, 0.15) is 5.82 Å². The highest BCUT2D eigenvalue weighted by Gasteiger charge is 2.21. The number of carbonyl (C=O) groups excluding carboxylic acids is 2. The molecule has 0 fully saturated rings. The average Bonchev–Trinajstić information content (AvgIpc) is 2.56. The van der Waals surface area contributed by atoms with Gasteiger partial charge in [0.25, 0.3) is 5.91 Å². The van der Waals surface area contributed by atoms with Crippen molar-refractivity contribution in [3.8, 4) is 0 Å². The highest BCUT2D eigenvalue weighted by molar-refractivity contribution is 7.84. The van der Waals surface area contributed by atoms with Gasteiger partial charge < -0.3 is 10.1 Å². The standard InChI is InChI=1S/C17H16FNO4S/c1-11(16(20)19-13-9-7-12(18)8-10-13)23-17(21)14-5-3-4-6-15(14)24(2)22/h3-11H,1-2H3,(H,19,20)/t11-,24+/m1/s1. The lowest BCUT2D eigenvalue weighted by Crippen LogP contribution is -2.30. The quantitative estimate of drug-likeness (QED) is 0.843. The minimum Gasteiger partial charge on any atom is -0.449 e. The lowest BCUT2D eigenvalue weighted by Gasteiger charge is -2.14. The number of hydrogen-bond donors (Lipinski definition) is 1. The van der Waals surface area contributed by atoms with Crippen LogP contribution in [0.15, 0.2) is 53.4 Å². The summed E-state index contributed by atoms with van der Waals surface area (Å²) in [6.45, 7) is 1.42. The number of nitrogens with one attached hydrogen (secondary N) is 1. The first-order valence-electron chi connectivity index (χ1n) is 7.08. The first kappa shape index (κ1) is 17.8. The Morgan fingerprint density at radius 2 is 1.75 bits per heavy atom. The van der Waals surface area contributed by atoms with Crippen molar-refractivity contribution in [1.29, 1.82) is 0 Å². The zero-order chi connectivity index (χ0) is 17.7. The highest BCUT2D eigenvalue weighted by Crippen LogP contribution is 2.15. The van der Waals surface area contributed by atoms with Gasteiger partial charge in [0.2, 0.25) is 0 Å².